The van der Waals surface area contributed by atoms with E-state index in [1.165, 1.54) is 0 Å². The summed E-state index contributed by atoms with van der Waals surface area (Å²) in [6.07, 6.45) is 2.13. The summed E-state index contributed by atoms with van der Waals surface area (Å²) in [6, 6.07) is 0.636. The number of halogens is 1. The lowest BCUT2D eigenvalue weighted by Crippen LogP contribution is -2.50. The second-order valence-electron chi connectivity index (χ2n) is 4.56. The molecule has 0 bridgehead atoms. The van der Waals surface area contributed by atoms with E-state index in [1.54, 1.807) is 0 Å². The van der Waals surface area contributed by atoms with Gasteiger partial charge in [0.05, 0.1) is 0 Å². The number of rotatable bonds is 3. The largest absolute Gasteiger partial charge is 0.336 e. The van der Waals surface area contributed by atoms with Gasteiger partial charge in [-0.2, -0.15) is 0 Å². The van der Waals surface area contributed by atoms with Crippen LogP contribution in [-0.4, -0.2) is 53.8 Å². The van der Waals surface area contributed by atoms with Crippen LogP contribution < -0.4 is 0 Å². The first-order valence-electron chi connectivity index (χ1n) is 5.62. The van der Waals surface area contributed by atoms with E-state index < -0.39 is 0 Å². The van der Waals surface area contributed by atoms with Crippen molar-refractivity contribution in [2.75, 3.05) is 26.0 Å². The molecule has 1 aliphatic heterocycles. The predicted octanol–water partition coefficient (Wildman–Crippen LogP) is 1.56. The van der Waals surface area contributed by atoms with Crippen molar-refractivity contribution in [2.45, 2.75) is 38.8 Å². The van der Waals surface area contributed by atoms with Crippen LogP contribution in [0, 0.1) is 0 Å². The monoisotopic (exact) mass is 232 g/mol. The molecule has 0 radical (unpaired) electrons. The van der Waals surface area contributed by atoms with E-state index in [-0.39, 0.29) is 17.8 Å². The maximum absolute atomic E-state index is 11.7. The lowest BCUT2D eigenvalue weighted by Gasteiger charge is -2.39. The zero-order valence-corrected chi connectivity index (χ0v) is 10.6. The Labute approximate surface area is 97.4 Å². The van der Waals surface area contributed by atoms with Crippen LogP contribution in [0.4, 0.5) is 0 Å². The number of carbonyl (C=O) groups is 1. The van der Waals surface area contributed by atoms with Gasteiger partial charge < -0.3 is 9.80 Å². The van der Waals surface area contributed by atoms with Gasteiger partial charge in [0, 0.05) is 12.1 Å². The first-order chi connectivity index (χ1) is 7.06. The molecule has 0 unspecified atom stereocenters. The number of hydrogen-bond acceptors (Lipinski definition) is 2. The molecule has 0 N–H and O–H groups in total. The van der Waals surface area contributed by atoms with E-state index in [0.717, 1.165) is 25.9 Å². The van der Waals surface area contributed by atoms with Crippen LogP contribution in [0.2, 0.25) is 0 Å². The van der Waals surface area contributed by atoms with Crippen molar-refractivity contribution in [2.24, 2.45) is 0 Å². The lowest BCUT2D eigenvalue weighted by atomic mass is 10.0. The van der Waals surface area contributed by atoms with Crippen molar-refractivity contribution in [3.63, 3.8) is 0 Å². The molecule has 1 aliphatic rings. The van der Waals surface area contributed by atoms with Crippen LogP contribution in [0.3, 0.4) is 0 Å². The molecule has 3 nitrogen and oxygen atoms in total. The summed E-state index contributed by atoms with van der Waals surface area (Å²) in [4.78, 5) is 16.0. The van der Waals surface area contributed by atoms with E-state index in [4.69, 9.17) is 11.6 Å². The highest BCUT2D eigenvalue weighted by Gasteiger charge is 2.27. The molecule has 1 saturated heterocycles. The normalized spacial score (nSPS) is 19.5. The third kappa shape index (κ3) is 3.35. The van der Waals surface area contributed by atoms with Crippen LogP contribution in [0.25, 0.3) is 0 Å². The summed E-state index contributed by atoms with van der Waals surface area (Å²) in [7, 11) is 2.12. The van der Waals surface area contributed by atoms with E-state index >= 15 is 0 Å². The quantitative estimate of drug-likeness (QED) is 0.690. The molecule has 4 heteroatoms. The van der Waals surface area contributed by atoms with Gasteiger partial charge in [-0.1, -0.05) is 0 Å². The van der Waals surface area contributed by atoms with Gasteiger partial charge in [-0.15, -0.1) is 11.6 Å². The fourth-order valence-electron chi connectivity index (χ4n) is 2.26. The molecule has 1 amide bonds. The van der Waals surface area contributed by atoms with Crippen molar-refractivity contribution < 1.29 is 4.79 Å². The topological polar surface area (TPSA) is 23.6 Å². The van der Waals surface area contributed by atoms with Gasteiger partial charge >= 0.3 is 0 Å². The van der Waals surface area contributed by atoms with E-state index in [2.05, 4.69) is 25.8 Å². The Morgan fingerprint density at radius 2 is 2.00 bits per heavy atom. The van der Waals surface area contributed by atoms with Crippen molar-refractivity contribution >= 4 is 17.5 Å². The fourth-order valence-corrected chi connectivity index (χ4v) is 2.39. The Morgan fingerprint density at radius 1 is 1.47 bits per heavy atom. The average molecular weight is 233 g/mol. The fraction of sp³-hybridized carbons (Fsp3) is 0.909. The first kappa shape index (κ1) is 12.8. The molecule has 88 valence electrons. The van der Waals surface area contributed by atoms with Crippen LogP contribution in [0.15, 0.2) is 0 Å². The van der Waals surface area contributed by atoms with Crippen molar-refractivity contribution in [1.82, 2.24) is 9.80 Å². The molecule has 15 heavy (non-hydrogen) atoms. The minimum atomic E-state index is 0.0706. The Kier molecular flexibility index (Phi) is 4.87. The molecular weight excluding hydrogens is 212 g/mol. The lowest BCUT2D eigenvalue weighted by molar-refractivity contribution is -0.133. The molecule has 0 aromatic rings. The summed E-state index contributed by atoms with van der Waals surface area (Å²) in [5.41, 5.74) is 0. The highest BCUT2D eigenvalue weighted by atomic mass is 35.5. The van der Waals surface area contributed by atoms with Gasteiger partial charge in [-0.05, 0) is 46.8 Å². The number of carbonyl (C=O) groups excluding carboxylic acids is 1. The Morgan fingerprint density at radius 3 is 2.40 bits per heavy atom. The molecule has 1 heterocycles. The van der Waals surface area contributed by atoms with Gasteiger partial charge in [-0.3, -0.25) is 4.79 Å². The van der Waals surface area contributed by atoms with Gasteiger partial charge in [0.15, 0.2) is 0 Å². The smallest absolute Gasteiger partial charge is 0.237 e. The van der Waals surface area contributed by atoms with Crippen LogP contribution in [0.1, 0.15) is 26.7 Å². The predicted molar refractivity (Wildman–Crippen MR) is 63.2 cm³/mol. The molecule has 0 saturated carbocycles. The van der Waals surface area contributed by atoms with Crippen LogP contribution >= 0.6 is 11.6 Å². The molecule has 1 rings (SSSR count). The summed E-state index contributed by atoms with van der Waals surface area (Å²) >= 11 is 5.64. The SMILES string of the molecule is CC(C)N(C(=O)CCl)C1CCN(C)CC1. The van der Waals surface area contributed by atoms with Crippen LogP contribution in [-0.2, 0) is 4.79 Å². The Hall–Kier alpha value is -0.280. The third-order valence-corrected chi connectivity index (χ3v) is 3.27. The number of alkyl halides is 1. The van der Waals surface area contributed by atoms with Crippen molar-refractivity contribution in [3.8, 4) is 0 Å². The zero-order valence-electron chi connectivity index (χ0n) is 9.87. The maximum atomic E-state index is 11.7. The molecule has 0 spiro atoms. The number of likely N-dealkylation sites (tertiary alicyclic amines) is 1. The summed E-state index contributed by atoms with van der Waals surface area (Å²) in [5, 5.41) is 0. The molecule has 0 aliphatic carbocycles. The number of hydrogen-bond donors (Lipinski definition) is 0. The summed E-state index contributed by atoms with van der Waals surface area (Å²) in [6.45, 7) is 6.26. The van der Waals surface area contributed by atoms with Crippen molar-refractivity contribution in [1.29, 1.82) is 0 Å². The van der Waals surface area contributed by atoms with Gasteiger partial charge in [0.2, 0.25) is 5.91 Å². The van der Waals surface area contributed by atoms with E-state index in [1.807, 2.05) is 4.90 Å². The number of nitrogens with zero attached hydrogens (tertiary/aromatic N) is 2. The molecule has 0 aromatic heterocycles. The van der Waals surface area contributed by atoms with Gasteiger partial charge in [0.1, 0.15) is 5.88 Å². The third-order valence-electron chi connectivity index (χ3n) is 3.04. The standard InChI is InChI=1S/C11H21ClN2O/c1-9(2)14(11(15)8-12)10-4-6-13(3)7-5-10/h9-10H,4-8H2,1-3H3. The second kappa shape index (κ2) is 5.71. The van der Waals surface area contributed by atoms with E-state index in [9.17, 15) is 4.79 Å². The second-order valence-corrected chi connectivity index (χ2v) is 4.83. The molecule has 1 fully saturated rings. The van der Waals surface area contributed by atoms with Crippen LogP contribution in [0.5, 0.6) is 0 Å². The Balaban J connectivity index is 2.60. The van der Waals surface area contributed by atoms with Gasteiger partial charge in [0.25, 0.3) is 0 Å². The number of piperidine rings is 1. The minimum absolute atomic E-state index is 0.0706. The maximum Gasteiger partial charge on any atom is 0.237 e. The van der Waals surface area contributed by atoms with Gasteiger partial charge in [-0.25, -0.2) is 0 Å². The highest BCUT2D eigenvalue weighted by molar-refractivity contribution is 6.27. The minimum Gasteiger partial charge on any atom is -0.336 e. The average Bonchev–Trinajstić information content (AvgIpc) is 2.20. The highest BCUT2D eigenvalue weighted by Crippen LogP contribution is 2.18. The van der Waals surface area contributed by atoms with Crippen molar-refractivity contribution in [3.05, 3.63) is 0 Å². The summed E-state index contributed by atoms with van der Waals surface area (Å²) in [5.74, 6) is 0.172. The number of amides is 1. The first-order valence-corrected chi connectivity index (χ1v) is 6.15. The Bertz CT molecular complexity index is 213. The molecule has 0 atom stereocenters. The molecule has 0 aromatic carbocycles. The summed E-state index contributed by atoms with van der Waals surface area (Å²) < 4.78 is 0. The molecular formula is C11H21ClN2O. The zero-order chi connectivity index (χ0) is 11.4. The van der Waals surface area contributed by atoms with E-state index in [0.29, 0.717) is 6.04 Å².